The number of carbonyl (C=O) groups is 1. The zero-order chi connectivity index (χ0) is 7.70. The summed E-state index contributed by atoms with van der Waals surface area (Å²) in [6, 6.07) is 0. The van der Waals surface area contributed by atoms with E-state index in [1.54, 1.807) is 20.1 Å². The average molecular weight is 250 g/mol. The smallest absolute Gasteiger partial charge is 0.129 e. The molecule has 0 saturated carbocycles. The Hall–Kier alpha value is 0.444. The van der Waals surface area contributed by atoms with Crippen molar-refractivity contribution in [2.45, 2.75) is 48.5 Å². The van der Waals surface area contributed by atoms with E-state index in [1.165, 1.54) is 0 Å². The Morgan fingerprint density at radius 2 is 1.42 bits per heavy atom. The third-order valence-electron chi connectivity index (χ3n) is 0.642. The SMILES string of the molecule is C.C.CCC(C)=O.CC[C-]=O.[Y]. The monoisotopic (exact) mass is 250 g/mol. The van der Waals surface area contributed by atoms with Crippen molar-refractivity contribution >= 4 is 12.1 Å². The first kappa shape index (κ1) is 29.4. The van der Waals surface area contributed by atoms with Crippen LogP contribution in [-0.4, -0.2) is 12.1 Å². The van der Waals surface area contributed by atoms with Crippen LogP contribution in [0.5, 0.6) is 0 Å². The van der Waals surface area contributed by atoms with Crippen molar-refractivity contribution in [3.8, 4) is 0 Å². The average Bonchev–Trinajstić information content (AvgIpc) is 1.89. The molecule has 0 saturated heterocycles. The molecule has 2 nitrogen and oxygen atoms in total. The normalized spacial score (nSPS) is 5.25. The molecule has 0 bridgehead atoms. The Morgan fingerprint density at radius 1 is 1.25 bits per heavy atom. The predicted octanol–water partition coefficient (Wildman–Crippen LogP) is 2.76. The Labute approximate surface area is 102 Å². The molecule has 3 heteroatoms. The molecule has 0 N–H and O–H groups in total. The van der Waals surface area contributed by atoms with Crippen molar-refractivity contribution < 1.29 is 42.3 Å². The van der Waals surface area contributed by atoms with E-state index >= 15 is 0 Å². The number of hydrogen-bond acceptors (Lipinski definition) is 2. The summed E-state index contributed by atoms with van der Waals surface area (Å²) in [5.74, 6) is 0.255. The molecular formula is C9H21O2Y-. The van der Waals surface area contributed by atoms with E-state index in [4.69, 9.17) is 4.79 Å². The standard InChI is InChI=1S/C4H8O.C3H5O.2CH4.Y/c1-3-4(2)5;1-2-3-4;;;/h3H2,1-2H3;2H2,1H3;2*1H4;/q;-1;;;. The van der Waals surface area contributed by atoms with Crippen molar-refractivity contribution in [3.05, 3.63) is 0 Å². The maximum atomic E-state index is 9.81. The Balaban J connectivity index is -0.0000000221. The number of hydrogen-bond donors (Lipinski definition) is 0. The second kappa shape index (κ2) is 30.1. The molecule has 0 aromatic rings. The van der Waals surface area contributed by atoms with Crippen LogP contribution in [0.2, 0.25) is 0 Å². The summed E-state index contributed by atoms with van der Waals surface area (Å²) in [6.45, 7) is 5.19. The number of ketones is 1. The summed E-state index contributed by atoms with van der Waals surface area (Å²) in [5, 5.41) is 0. The Morgan fingerprint density at radius 3 is 1.42 bits per heavy atom. The van der Waals surface area contributed by atoms with E-state index in [0.717, 1.165) is 0 Å². The fraction of sp³-hybridized carbons (Fsp3) is 0.778. The molecule has 0 spiro atoms. The van der Waals surface area contributed by atoms with Crippen LogP contribution in [-0.2, 0) is 42.3 Å². The Bertz CT molecular complexity index is 82.6. The van der Waals surface area contributed by atoms with E-state index in [-0.39, 0.29) is 53.3 Å². The van der Waals surface area contributed by atoms with Crippen LogP contribution in [0.25, 0.3) is 0 Å². The van der Waals surface area contributed by atoms with Crippen LogP contribution in [0.4, 0.5) is 0 Å². The topological polar surface area (TPSA) is 34.1 Å². The van der Waals surface area contributed by atoms with E-state index < -0.39 is 0 Å². The third kappa shape index (κ3) is 78.5. The van der Waals surface area contributed by atoms with Gasteiger partial charge in [0.1, 0.15) is 5.78 Å². The molecular weight excluding hydrogens is 229 g/mol. The van der Waals surface area contributed by atoms with Gasteiger partial charge in [0, 0.05) is 39.1 Å². The van der Waals surface area contributed by atoms with Crippen molar-refractivity contribution in [1.82, 2.24) is 0 Å². The summed E-state index contributed by atoms with van der Waals surface area (Å²) in [6.07, 6.45) is 2.86. The summed E-state index contributed by atoms with van der Waals surface area (Å²) >= 11 is 0. The van der Waals surface area contributed by atoms with Crippen molar-refractivity contribution in [2.75, 3.05) is 0 Å². The fourth-order valence-corrected chi connectivity index (χ4v) is 0. The minimum Gasteiger partial charge on any atom is -0.542 e. The van der Waals surface area contributed by atoms with Crippen molar-refractivity contribution in [3.63, 3.8) is 0 Å². The summed E-state index contributed by atoms with van der Waals surface area (Å²) in [7, 11) is 0. The van der Waals surface area contributed by atoms with Crippen LogP contribution in [0.1, 0.15) is 48.5 Å². The van der Waals surface area contributed by atoms with Crippen LogP contribution >= 0.6 is 0 Å². The van der Waals surface area contributed by atoms with Gasteiger partial charge in [0.25, 0.3) is 0 Å². The summed E-state index contributed by atoms with van der Waals surface area (Å²) in [5.41, 5.74) is 0. The first-order valence-corrected chi connectivity index (χ1v) is 3.03. The van der Waals surface area contributed by atoms with Crippen LogP contribution < -0.4 is 0 Å². The summed E-state index contributed by atoms with van der Waals surface area (Å²) in [4.78, 5) is 18.9. The first-order chi connectivity index (χ1) is 4.18. The van der Waals surface area contributed by atoms with Gasteiger partial charge in [0.05, 0.1) is 0 Å². The largest absolute Gasteiger partial charge is 0.542 e. The fourth-order valence-electron chi connectivity index (χ4n) is 0. The third-order valence-corrected chi connectivity index (χ3v) is 0.642. The van der Waals surface area contributed by atoms with Gasteiger partial charge in [-0.1, -0.05) is 28.7 Å². The molecule has 0 amide bonds. The van der Waals surface area contributed by atoms with Gasteiger partial charge >= 0.3 is 0 Å². The molecule has 0 rings (SSSR count). The zero-order valence-electron chi connectivity index (χ0n) is 6.81. The van der Waals surface area contributed by atoms with Gasteiger partial charge in [0.2, 0.25) is 0 Å². The van der Waals surface area contributed by atoms with Crippen LogP contribution in [0.3, 0.4) is 0 Å². The van der Waals surface area contributed by atoms with Gasteiger partial charge < -0.3 is 9.59 Å². The van der Waals surface area contributed by atoms with Crippen LogP contribution in [0.15, 0.2) is 0 Å². The maximum absolute atomic E-state index is 9.81. The second-order valence-electron chi connectivity index (χ2n) is 1.55. The second-order valence-corrected chi connectivity index (χ2v) is 1.55. The zero-order valence-corrected chi connectivity index (χ0v) is 9.65. The van der Waals surface area contributed by atoms with Crippen LogP contribution in [0, 0.1) is 0 Å². The van der Waals surface area contributed by atoms with E-state index in [9.17, 15) is 4.79 Å². The molecule has 0 aliphatic rings. The molecule has 73 valence electrons. The molecule has 0 aliphatic heterocycles. The minimum absolute atomic E-state index is 0. The molecule has 0 aliphatic carbocycles. The quantitative estimate of drug-likeness (QED) is 0.706. The number of carbonyl (C=O) groups excluding carboxylic acids is 2. The first-order valence-electron chi connectivity index (χ1n) is 3.03. The summed E-state index contributed by atoms with van der Waals surface area (Å²) < 4.78 is 0. The molecule has 0 aromatic carbocycles. The molecule has 12 heavy (non-hydrogen) atoms. The Kier molecular flexibility index (Phi) is 73.7. The van der Waals surface area contributed by atoms with Gasteiger partial charge in [-0.3, -0.25) is 6.29 Å². The minimum atomic E-state index is 0. The van der Waals surface area contributed by atoms with Crippen molar-refractivity contribution in [2.24, 2.45) is 0 Å². The number of Topliss-reactive ketones (excluding diaryl/α,β-unsaturated/α-hetero) is 1. The van der Waals surface area contributed by atoms with E-state index in [1.807, 2.05) is 6.92 Å². The van der Waals surface area contributed by atoms with E-state index in [2.05, 4.69) is 0 Å². The van der Waals surface area contributed by atoms with E-state index in [0.29, 0.717) is 12.8 Å². The van der Waals surface area contributed by atoms with Gasteiger partial charge in [-0.05, 0) is 6.92 Å². The van der Waals surface area contributed by atoms with Crippen molar-refractivity contribution in [1.29, 1.82) is 0 Å². The molecule has 0 atom stereocenters. The van der Waals surface area contributed by atoms with Gasteiger partial charge in [-0.15, -0.1) is 0 Å². The molecule has 0 aromatic heterocycles. The number of rotatable bonds is 2. The molecule has 0 heterocycles. The molecule has 1 radical (unpaired) electrons. The molecule has 0 unspecified atom stereocenters. The van der Waals surface area contributed by atoms with Gasteiger partial charge in [0.15, 0.2) is 0 Å². The van der Waals surface area contributed by atoms with Gasteiger partial charge in [-0.25, -0.2) is 0 Å². The van der Waals surface area contributed by atoms with Gasteiger partial charge in [-0.2, -0.15) is 6.42 Å². The predicted molar refractivity (Wildman–Crippen MR) is 50.4 cm³/mol. The molecule has 0 fully saturated rings. The maximum Gasteiger partial charge on any atom is 0.129 e.